The molecule has 0 aliphatic carbocycles. The molecule has 0 amide bonds. The van der Waals surface area contributed by atoms with E-state index in [4.69, 9.17) is 5.84 Å². The molecule has 1 rings (SSSR count). The fourth-order valence-electron chi connectivity index (χ4n) is 1.50. The number of nitrogens with zero attached hydrogens (tertiary/aromatic N) is 3. The number of guanidine groups is 1. The largest absolute Gasteiger partial charge is 0.332 e. The van der Waals surface area contributed by atoms with E-state index in [0.29, 0.717) is 5.96 Å². The van der Waals surface area contributed by atoms with Crippen LogP contribution in [0, 0.1) is 5.41 Å². The molecule has 0 spiro atoms. The van der Waals surface area contributed by atoms with E-state index >= 15 is 0 Å². The van der Waals surface area contributed by atoms with Crippen molar-refractivity contribution < 1.29 is 0 Å². The predicted octanol–water partition coefficient (Wildman–Crippen LogP) is 1.23. The first-order chi connectivity index (χ1) is 7.40. The Hall–Kier alpha value is -0.750. The van der Waals surface area contributed by atoms with Crippen molar-refractivity contribution >= 4 is 22.9 Å². The highest BCUT2D eigenvalue weighted by molar-refractivity contribution is 8.13. The van der Waals surface area contributed by atoms with Crippen molar-refractivity contribution in [3.8, 4) is 0 Å². The lowest BCUT2D eigenvalue weighted by Crippen LogP contribution is -2.62. The Labute approximate surface area is 102 Å². The highest BCUT2D eigenvalue weighted by atomic mass is 32.2. The Morgan fingerprint density at radius 1 is 1.56 bits per heavy atom. The quantitative estimate of drug-likeness (QED) is 0.680. The van der Waals surface area contributed by atoms with Crippen LogP contribution in [0.4, 0.5) is 0 Å². The van der Waals surface area contributed by atoms with Crippen LogP contribution in [0.15, 0.2) is 9.98 Å². The fraction of sp³-hybridized carbons (Fsp3) is 0.800. The van der Waals surface area contributed by atoms with Crippen LogP contribution in [0.5, 0.6) is 0 Å². The van der Waals surface area contributed by atoms with Crippen molar-refractivity contribution in [2.45, 2.75) is 33.9 Å². The number of hydrogen-bond donors (Lipinski definition) is 2. The van der Waals surface area contributed by atoms with Gasteiger partial charge in [0.1, 0.15) is 6.17 Å². The summed E-state index contributed by atoms with van der Waals surface area (Å²) in [5.74, 6) is 6.72. The Morgan fingerprint density at radius 2 is 2.19 bits per heavy atom. The first-order valence-corrected chi connectivity index (χ1v) is 6.60. The highest BCUT2D eigenvalue weighted by Gasteiger charge is 2.34. The average molecular weight is 243 g/mol. The first kappa shape index (κ1) is 13.3. The Kier molecular flexibility index (Phi) is 4.21. The molecule has 3 N–H and O–H groups in total. The number of hydrazine groups is 1. The van der Waals surface area contributed by atoms with E-state index in [1.54, 1.807) is 5.01 Å². The maximum absolute atomic E-state index is 6.04. The predicted molar refractivity (Wildman–Crippen MR) is 71.3 cm³/mol. The van der Waals surface area contributed by atoms with E-state index in [0.717, 1.165) is 11.7 Å². The zero-order valence-corrected chi connectivity index (χ0v) is 11.4. The Morgan fingerprint density at radius 3 is 2.62 bits per heavy atom. The topological polar surface area (TPSA) is 66.0 Å². The van der Waals surface area contributed by atoms with E-state index < -0.39 is 0 Å². The third-order valence-electron chi connectivity index (χ3n) is 2.28. The molecule has 0 fully saturated rings. The lowest BCUT2D eigenvalue weighted by molar-refractivity contribution is 0.151. The molecular formula is C10H21N5S. The van der Waals surface area contributed by atoms with Crippen molar-refractivity contribution in [2.75, 3.05) is 12.8 Å². The van der Waals surface area contributed by atoms with Crippen LogP contribution in [0.25, 0.3) is 0 Å². The van der Waals surface area contributed by atoms with Gasteiger partial charge in [-0.25, -0.2) is 5.84 Å². The minimum atomic E-state index is 0.0118. The maximum Gasteiger partial charge on any atom is 0.222 e. The third-order valence-corrected chi connectivity index (χ3v) is 2.94. The van der Waals surface area contributed by atoms with E-state index in [2.05, 4.69) is 36.1 Å². The second kappa shape index (κ2) is 5.05. The summed E-state index contributed by atoms with van der Waals surface area (Å²) in [6.45, 7) is 9.12. The summed E-state index contributed by atoms with van der Waals surface area (Å²) >= 11 is 1.53. The molecule has 1 heterocycles. The van der Waals surface area contributed by atoms with Crippen LogP contribution in [0.1, 0.15) is 27.7 Å². The molecule has 1 aliphatic rings. The van der Waals surface area contributed by atoms with Crippen LogP contribution in [-0.2, 0) is 0 Å². The standard InChI is InChI=1S/C10H21N5S/c1-6-12-8-13-7(10(2,3)4)15(11)9(14-8)16-5/h7H,6,11H2,1-5H3,(H,12,13). The summed E-state index contributed by atoms with van der Waals surface area (Å²) in [7, 11) is 0. The van der Waals surface area contributed by atoms with Gasteiger partial charge >= 0.3 is 0 Å². The first-order valence-electron chi connectivity index (χ1n) is 5.37. The van der Waals surface area contributed by atoms with Crippen molar-refractivity contribution in [1.82, 2.24) is 10.3 Å². The van der Waals surface area contributed by atoms with Crippen LogP contribution < -0.4 is 11.2 Å². The van der Waals surface area contributed by atoms with Crippen molar-refractivity contribution in [3.05, 3.63) is 0 Å². The van der Waals surface area contributed by atoms with Gasteiger partial charge in [0.2, 0.25) is 5.96 Å². The smallest absolute Gasteiger partial charge is 0.222 e. The minimum Gasteiger partial charge on any atom is -0.332 e. The molecule has 0 aromatic rings. The number of hydrogen-bond acceptors (Lipinski definition) is 4. The van der Waals surface area contributed by atoms with E-state index in [1.165, 1.54) is 11.8 Å². The summed E-state index contributed by atoms with van der Waals surface area (Å²) in [5, 5.41) is 5.74. The number of nitrogens with one attached hydrogen (secondary N) is 1. The van der Waals surface area contributed by atoms with Gasteiger partial charge in [-0.05, 0) is 13.2 Å². The summed E-state index contributed by atoms with van der Waals surface area (Å²) in [6.07, 6.45) is 1.98. The van der Waals surface area contributed by atoms with Crippen molar-refractivity contribution in [2.24, 2.45) is 21.2 Å². The van der Waals surface area contributed by atoms with E-state index in [9.17, 15) is 0 Å². The molecular weight excluding hydrogens is 222 g/mol. The number of nitrogens with two attached hydrogens (primary N) is 1. The molecule has 0 bridgehead atoms. The summed E-state index contributed by atoms with van der Waals surface area (Å²) in [5.41, 5.74) is 0.0141. The molecule has 0 radical (unpaired) electrons. The second-order valence-corrected chi connectivity index (χ2v) is 5.49. The van der Waals surface area contributed by atoms with E-state index in [1.807, 2.05) is 13.2 Å². The van der Waals surface area contributed by atoms with Gasteiger partial charge in [0.25, 0.3) is 0 Å². The molecule has 5 nitrogen and oxygen atoms in total. The third kappa shape index (κ3) is 2.89. The fourth-order valence-corrected chi connectivity index (χ4v) is 1.99. The zero-order chi connectivity index (χ0) is 12.3. The molecule has 0 saturated heterocycles. The number of amidine groups is 1. The molecule has 1 atom stereocenters. The summed E-state index contributed by atoms with van der Waals surface area (Å²) in [4.78, 5) is 8.66. The Balaban J connectivity index is 3.01. The van der Waals surface area contributed by atoms with Gasteiger partial charge in [-0.1, -0.05) is 32.5 Å². The summed E-state index contributed by atoms with van der Waals surface area (Å²) in [6, 6.07) is 0. The summed E-state index contributed by atoms with van der Waals surface area (Å²) < 4.78 is 0. The van der Waals surface area contributed by atoms with Crippen LogP contribution in [-0.4, -0.2) is 35.1 Å². The molecule has 1 aliphatic heterocycles. The van der Waals surface area contributed by atoms with Gasteiger partial charge in [-0.15, -0.1) is 0 Å². The van der Waals surface area contributed by atoms with Gasteiger partial charge in [0.05, 0.1) is 0 Å². The van der Waals surface area contributed by atoms with Gasteiger partial charge in [0, 0.05) is 12.0 Å². The lowest BCUT2D eigenvalue weighted by Gasteiger charge is -2.41. The number of aliphatic imine (C=N–C) groups is 2. The van der Waals surface area contributed by atoms with Crippen molar-refractivity contribution in [3.63, 3.8) is 0 Å². The maximum atomic E-state index is 6.04. The van der Waals surface area contributed by atoms with Gasteiger partial charge in [0.15, 0.2) is 5.17 Å². The van der Waals surface area contributed by atoms with Gasteiger partial charge in [-0.2, -0.15) is 4.99 Å². The van der Waals surface area contributed by atoms with Crippen molar-refractivity contribution in [1.29, 1.82) is 0 Å². The molecule has 0 aromatic heterocycles. The molecule has 0 aromatic carbocycles. The average Bonchev–Trinajstić information content (AvgIpc) is 2.19. The molecule has 92 valence electrons. The van der Waals surface area contributed by atoms with Gasteiger partial charge < -0.3 is 5.32 Å². The number of rotatable bonds is 1. The SMILES string of the molecule is CCN=C1N=C(SC)N(N)C(C(C)(C)C)N1. The van der Waals surface area contributed by atoms with Crippen LogP contribution in [0.3, 0.4) is 0 Å². The van der Waals surface area contributed by atoms with E-state index in [-0.39, 0.29) is 11.6 Å². The Bertz CT molecular complexity index is 305. The van der Waals surface area contributed by atoms with Crippen LogP contribution >= 0.6 is 11.8 Å². The van der Waals surface area contributed by atoms with Crippen LogP contribution in [0.2, 0.25) is 0 Å². The highest BCUT2D eigenvalue weighted by Crippen LogP contribution is 2.24. The molecule has 16 heavy (non-hydrogen) atoms. The molecule has 1 unspecified atom stereocenters. The molecule has 6 heteroatoms. The number of thioether (sulfide) groups is 1. The minimum absolute atomic E-state index is 0.0118. The normalized spacial score (nSPS) is 24.4. The lowest BCUT2D eigenvalue weighted by atomic mass is 9.92. The zero-order valence-electron chi connectivity index (χ0n) is 10.6. The van der Waals surface area contributed by atoms with Gasteiger partial charge in [-0.3, -0.25) is 10.0 Å². The monoisotopic (exact) mass is 243 g/mol. The second-order valence-electron chi connectivity index (χ2n) is 4.72. The molecule has 0 saturated carbocycles.